The Kier molecular flexibility index (Phi) is 8.73. The number of halogens is 2. The van der Waals surface area contributed by atoms with Crippen LogP contribution in [0, 0.1) is 5.82 Å². The molecule has 21 heavy (non-hydrogen) atoms. The number of benzene rings is 1. The Morgan fingerprint density at radius 1 is 1.48 bits per heavy atom. The summed E-state index contributed by atoms with van der Waals surface area (Å²) in [5.74, 6) is 0.583. The van der Waals surface area contributed by atoms with Crippen LogP contribution in [0.5, 0.6) is 0 Å². The Bertz CT molecular complexity index is 457. The summed E-state index contributed by atoms with van der Waals surface area (Å²) in [6, 6.07) is 4.30. The van der Waals surface area contributed by atoms with E-state index < -0.39 is 0 Å². The van der Waals surface area contributed by atoms with Crippen LogP contribution in [0.3, 0.4) is 0 Å². The van der Waals surface area contributed by atoms with Crippen molar-refractivity contribution in [2.24, 2.45) is 0 Å². The lowest BCUT2D eigenvalue weighted by atomic mass is 10.2. The molecule has 0 aliphatic carbocycles. The summed E-state index contributed by atoms with van der Waals surface area (Å²) >= 11 is 7.37. The number of carbonyl (C=O) groups excluding carboxylic acids is 1. The molecule has 0 heterocycles. The minimum Gasteiger partial charge on any atom is -0.379 e. The van der Waals surface area contributed by atoms with E-state index in [0.29, 0.717) is 29.7 Å². The van der Waals surface area contributed by atoms with Gasteiger partial charge in [-0.3, -0.25) is 4.79 Å². The second-order valence-corrected chi connectivity index (χ2v) is 6.24. The van der Waals surface area contributed by atoms with Crippen molar-refractivity contribution in [1.29, 1.82) is 0 Å². The molecule has 0 bridgehead atoms. The maximum Gasteiger partial charge on any atom is 0.230 e. The minimum absolute atomic E-state index is 0.0113. The molecule has 1 rings (SSSR count). The van der Waals surface area contributed by atoms with Crippen LogP contribution in [0.2, 0.25) is 5.02 Å². The molecule has 0 saturated heterocycles. The fraction of sp³-hybridized carbons (Fsp3) is 0.533. The molecular weight excluding hydrogens is 313 g/mol. The van der Waals surface area contributed by atoms with Crippen LogP contribution in [0.25, 0.3) is 0 Å². The minimum atomic E-state index is -0.352. The van der Waals surface area contributed by atoms with Crippen molar-refractivity contribution in [3.63, 3.8) is 0 Å². The highest BCUT2D eigenvalue weighted by atomic mass is 35.5. The molecule has 0 aliphatic heterocycles. The smallest absolute Gasteiger partial charge is 0.230 e. The molecule has 6 heteroatoms. The number of ether oxygens (including phenoxy) is 1. The number of nitrogens with one attached hydrogen (secondary N) is 1. The van der Waals surface area contributed by atoms with Gasteiger partial charge in [0.25, 0.3) is 0 Å². The summed E-state index contributed by atoms with van der Waals surface area (Å²) in [5.41, 5.74) is 0.834. The van der Waals surface area contributed by atoms with Crippen LogP contribution in [0.1, 0.15) is 25.8 Å². The van der Waals surface area contributed by atoms with E-state index >= 15 is 0 Å². The van der Waals surface area contributed by atoms with Gasteiger partial charge in [0, 0.05) is 23.9 Å². The molecule has 118 valence electrons. The Balaban J connectivity index is 2.13. The fourth-order valence-corrected chi connectivity index (χ4v) is 2.74. The molecule has 1 aromatic carbocycles. The van der Waals surface area contributed by atoms with E-state index in [0.717, 1.165) is 12.0 Å². The lowest BCUT2D eigenvalue weighted by Crippen LogP contribution is -2.27. The van der Waals surface area contributed by atoms with Gasteiger partial charge in [-0.1, -0.05) is 17.7 Å². The third-order valence-corrected chi connectivity index (χ3v) is 3.93. The van der Waals surface area contributed by atoms with E-state index in [2.05, 4.69) is 5.32 Å². The van der Waals surface area contributed by atoms with Crippen LogP contribution < -0.4 is 5.32 Å². The van der Waals surface area contributed by atoms with Gasteiger partial charge in [0.15, 0.2) is 0 Å². The van der Waals surface area contributed by atoms with Crippen molar-refractivity contribution < 1.29 is 13.9 Å². The van der Waals surface area contributed by atoms with E-state index in [1.54, 1.807) is 6.07 Å². The zero-order valence-electron chi connectivity index (χ0n) is 12.3. The predicted octanol–water partition coefficient (Wildman–Crippen LogP) is 3.64. The van der Waals surface area contributed by atoms with Crippen LogP contribution >= 0.6 is 23.4 Å². The molecule has 3 nitrogen and oxygen atoms in total. The number of rotatable bonds is 9. The van der Waals surface area contributed by atoms with Crippen LogP contribution in [0.15, 0.2) is 18.2 Å². The number of hydrogen-bond donors (Lipinski definition) is 1. The van der Waals surface area contributed by atoms with E-state index in [9.17, 15) is 9.18 Å². The van der Waals surface area contributed by atoms with Gasteiger partial charge in [-0.25, -0.2) is 4.39 Å². The number of amides is 1. The van der Waals surface area contributed by atoms with E-state index in [1.807, 2.05) is 13.8 Å². The second kappa shape index (κ2) is 10.0. The number of carbonyl (C=O) groups is 1. The molecule has 0 atom stereocenters. The zero-order chi connectivity index (χ0) is 15.7. The van der Waals surface area contributed by atoms with Gasteiger partial charge < -0.3 is 10.1 Å². The normalized spacial score (nSPS) is 10.9. The van der Waals surface area contributed by atoms with Crippen LogP contribution in [-0.4, -0.2) is 30.9 Å². The van der Waals surface area contributed by atoms with Crippen molar-refractivity contribution in [2.75, 3.05) is 18.9 Å². The first kappa shape index (κ1) is 18.3. The topological polar surface area (TPSA) is 38.3 Å². The van der Waals surface area contributed by atoms with Crippen LogP contribution in [-0.2, 0) is 15.3 Å². The Labute approximate surface area is 134 Å². The monoisotopic (exact) mass is 333 g/mol. The standard InChI is InChI=1S/C15H21ClFNO2S/c1-11(2)20-7-3-6-18-15(19)10-21-9-12-4-5-13(17)8-14(12)16/h4-5,8,11H,3,6-7,9-10H2,1-2H3,(H,18,19). The largest absolute Gasteiger partial charge is 0.379 e. The van der Waals surface area contributed by atoms with E-state index in [1.165, 1.54) is 23.9 Å². The second-order valence-electron chi connectivity index (χ2n) is 4.85. The van der Waals surface area contributed by atoms with E-state index in [-0.39, 0.29) is 17.8 Å². The molecule has 0 aromatic heterocycles. The van der Waals surface area contributed by atoms with Gasteiger partial charge in [-0.05, 0) is 38.0 Å². The van der Waals surface area contributed by atoms with Crippen molar-refractivity contribution in [1.82, 2.24) is 5.32 Å². The summed E-state index contributed by atoms with van der Waals surface area (Å²) < 4.78 is 18.3. The van der Waals surface area contributed by atoms with E-state index in [4.69, 9.17) is 16.3 Å². The SMILES string of the molecule is CC(C)OCCCNC(=O)CSCc1ccc(F)cc1Cl. The third kappa shape index (κ3) is 8.29. The van der Waals surface area contributed by atoms with Crippen molar-refractivity contribution in [3.8, 4) is 0 Å². The summed E-state index contributed by atoms with van der Waals surface area (Å²) in [6.07, 6.45) is 1.02. The molecule has 0 spiro atoms. The van der Waals surface area contributed by atoms with Gasteiger partial charge in [0.1, 0.15) is 5.82 Å². The van der Waals surface area contributed by atoms with Crippen molar-refractivity contribution in [3.05, 3.63) is 34.6 Å². The number of thioether (sulfide) groups is 1. The van der Waals surface area contributed by atoms with Gasteiger partial charge in [0.2, 0.25) is 5.91 Å². The van der Waals surface area contributed by atoms with Crippen LogP contribution in [0.4, 0.5) is 4.39 Å². The Morgan fingerprint density at radius 3 is 2.90 bits per heavy atom. The molecule has 1 aromatic rings. The molecule has 0 saturated carbocycles. The highest BCUT2D eigenvalue weighted by Gasteiger charge is 2.05. The molecular formula is C15H21ClFNO2S. The predicted molar refractivity (Wildman–Crippen MR) is 86.3 cm³/mol. The zero-order valence-corrected chi connectivity index (χ0v) is 13.9. The number of hydrogen-bond acceptors (Lipinski definition) is 3. The maximum absolute atomic E-state index is 12.9. The third-order valence-electron chi connectivity index (χ3n) is 2.60. The quantitative estimate of drug-likeness (QED) is 0.701. The first-order valence-corrected chi connectivity index (χ1v) is 8.42. The first-order valence-electron chi connectivity index (χ1n) is 6.89. The Hall–Kier alpha value is -0.780. The average Bonchev–Trinajstić information content (AvgIpc) is 2.40. The van der Waals surface area contributed by atoms with Gasteiger partial charge >= 0.3 is 0 Å². The highest BCUT2D eigenvalue weighted by Crippen LogP contribution is 2.21. The molecule has 1 amide bonds. The molecule has 1 N–H and O–H groups in total. The lowest BCUT2D eigenvalue weighted by molar-refractivity contribution is -0.118. The molecule has 0 unspecified atom stereocenters. The fourth-order valence-electron chi connectivity index (χ4n) is 1.56. The van der Waals surface area contributed by atoms with Crippen molar-refractivity contribution >= 4 is 29.3 Å². The van der Waals surface area contributed by atoms with Gasteiger partial charge in [0.05, 0.1) is 11.9 Å². The Morgan fingerprint density at radius 2 is 2.24 bits per heavy atom. The van der Waals surface area contributed by atoms with Crippen molar-refractivity contribution in [2.45, 2.75) is 32.1 Å². The molecule has 0 radical (unpaired) electrons. The van der Waals surface area contributed by atoms with Gasteiger partial charge in [-0.15, -0.1) is 11.8 Å². The summed E-state index contributed by atoms with van der Waals surface area (Å²) in [5, 5.41) is 3.23. The summed E-state index contributed by atoms with van der Waals surface area (Å²) in [6.45, 7) is 5.23. The molecule has 0 aliphatic rings. The summed E-state index contributed by atoms with van der Waals surface area (Å²) in [7, 11) is 0. The molecule has 0 fully saturated rings. The van der Waals surface area contributed by atoms with Gasteiger partial charge in [-0.2, -0.15) is 0 Å². The first-order chi connectivity index (χ1) is 9.99. The maximum atomic E-state index is 12.9. The average molecular weight is 334 g/mol. The summed E-state index contributed by atoms with van der Waals surface area (Å²) in [4.78, 5) is 11.6. The lowest BCUT2D eigenvalue weighted by Gasteiger charge is -2.08. The highest BCUT2D eigenvalue weighted by molar-refractivity contribution is 7.99.